The third kappa shape index (κ3) is 7.12. The lowest BCUT2D eigenvalue weighted by Gasteiger charge is -2.08. The van der Waals surface area contributed by atoms with E-state index in [1.54, 1.807) is 24.4 Å². The number of esters is 1. The van der Waals surface area contributed by atoms with Crippen LogP contribution in [0.15, 0.2) is 66.9 Å². The Morgan fingerprint density at radius 1 is 0.968 bits per heavy atom. The molecule has 1 aromatic heterocycles. The summed E-state index contributed by atoms with van der Waals surface area (Å²) in [4.78, 5) is 27.3. The predicted octanol–water partition coefficient (Wildman–Crippen LogP) is 4.76. The Morgan fingerprint density at radius 2 is 1.74 bits per heavy atom. The van der Waals surface area contributed by atoms with Gasteiger partial charge < -0.3 is 14.8 Å². The molecule has 3 aromatic rings. The molecular weight excluding hydrogens is 392 g/mol. The number of benzene rings is 2. The Hall–Kier alpha value is -3.93. The van der Waals surface area contributed by atoms with Crippen LogP contribution in [-0.4, -0.2) is 23.5 Å². The van der Waals surface area contributed by atoms with Crippen molar-refractivity contribution >= 4 is 29.8 Å². The van der Waals surface area contributed by atoms with Gasteiger partial charge in [0.15, 0.2) is 6.61 Å². The van der Waals surface area contributed by atoms with E-state index in [0.717, 1.165) is 23.1 Å². The van der Waals surface area contributed by atoms with E-state index in [1.165, 1.54) is 6.92 Å². The minimum absolute atomic E-state index is 0.159. The zero-order chi connectivity index (χ0) is 22.1. The van der Waals surface area contributed by atoms with Gasteiger partial charge in [0, 0.05) is 13.1 Å². The zero-order valence-electron chi connectivity index (χ0n) is 17.5. The van der Waals surface area contributed by atoms with Crippen molar-refractivity contribution in [1.29, 1.82) is 0 Å². The van der Waals surface area contributed by atoms with Crippen molar-refractivity contribution in [2.45, 2.75) is 20.3 Å². The third-order valence-corrected chi connectivity index (χ3v) is 4.33. The molecule has 0 aliphatic carbocycles. The number of rotatable bonds is 8. The summed E-state index contributed by atoms with van der Waals surface area (Å²) in [6.45, 7) is 3.34. The number of hydrogen-bond acceptors (Lipinski definition) is 5. The highest BCUT2D eigenvalue weighted by Crippen LogP contribution is 2.17. The van der Waals surface area contributed by atoms with Crippen LogP contribution in [0, 0.1) is 0 Å². The van der Waals surface area contributed by atoms with Gasteiger partial charge >= 0.3 is 5.97 Å². The van der Waals surface area contributed by atoms with Crippen molar-refractivity contribution in [3.05, 3.63) is 83.6 Å². The second-order valence-electron chi connectivity index (χ2n) is 6.82. The molecule has 1 amide bonds. The van der Waals surface area contributed by atoms with Gasteiger partial charge in [0.2, 0.25) is 5.91 Å². The Balaban J connectivity index is 1.53. The van der Waals surface area contributed by atoms with E-state index in [2.05, 4.69) is 17.2 Å². The molecule has 0 aliphatic heterocycles. The summed E-state index contributed by atoms with van der Waals surface area (Å²) in [5.41, 5.74) is 2.98. The topological polar surface area (TPSA) is 77.5 Å². The van der Waals surface area contributed by atoms with E-state index in [4.69, 9.17) is 9.47 Å². The van der Waals surface area contributed by atoms with E-state index in [1.807, 2.05) is 54.6 Å². The molecule has 0 saturated heterocycles. The fraction of sp³-hybridized carbons (Fsp3) is 0.160. The minimum Gasteiger partial charge on any atom is -0.482 e. The van der Waals surface area contributed by atoms with Gasteiger partial charge in [0.05, 0.1) is 0 Å². The first kappa shape index (κ1) is 21.8. The van der Waals surface area contributed by atoms with Crippen molar-refractivity contribution in [2.24, 2.45) is 0 Å². The highest BCUT2D eigenvalue weighted by Gasteiger charge is 2.06. The number of amides is 1. The van der Waals surface area contributed by atoms with Crippen LogP contribution in [0.25, 0.3) is 12.2 Å². The zero-order valence-corrected chi connectivity index (χ0v) is 17.5. The van der Waals surface area contributed by atoms with Crippen LogP contribution in [0.1, 0.15) is 30.5 Å². The molecule has 0 saturated carbocycles. The van der Waals surface area contributed by atoms with Crippen LogP contribution in [0.2, 0.25) is 0 Å². The summed E-state index contributed by atoms with van der Waals surface area (Å²) in [5.74, 6) is 0.964. The van der Waals surface area contributed by atoms with Crippen LogP contribution < -0.4 is 14.8 Å². The molecule has 0 atom stereocenters. The molecule has 0 spiro atoms. The van der Waals surface area contributed by atoms with Gasteiger partial charge in [-0.15, -0.1) is 0 Å². The average Bonchev–Trinajstić information content (AvgIpc) is 2.77. The maximum Gasteiger partial charge on any atom is 0.349 e. The number of aryl methyl sites for hydroxylation is 1. The first-order chi connectivity index (χ1) is 15.0. The van der Waals surface area contributed by atoms with Gasteiger partial charge in [0.25, 0.3) is 0 Å². The Kier molecular flexibility index (Phi) is 7.54. The van der Waals surface area contributed by atoms with Crippen molar-refractivity contribution in [1.82, 2.24) is 4.98 Å². The number of nitrogens with one attached hydrogen (secondary N) is 1. The van der Waals surface area contributed by atoms with Gasteiger partial charge in [0.1, 0.15) is 17.3 Å². The summed E-state index contributed by atoms with van der Waals surface area (Å²) >= 11 is 0. The van der Waals surface area contributed by atoms with Gasteiger partial charge in [-0.2, -0.15) is 0 Å². The molecule has 158 valence electrons. The van der Waals surface area contributed by atoms with Crippen LogP contribution in [0.5, 0.6) is 11.5 Å². The SMILES string of the molecule is CCc1cccc(OCC(=O)Oc2ccc(/C=C/c3ccnc(NC(C)=O)c3)cc2)c1. The molecule has 1 N–H and O–H groups in total. The smallest absolute Gasteiger partial charge is 0.349 e. The number of carbonyl (C=O) groups is 2. The number of aromatic nitrogens is 1. The van der Waals surface area contributed by atoms with Crippen molar-refractivity contribution < 1.29 is 19.1 Å². The molecule has 2 aromatic carbocycles. The monoisotopic (exact) mass is 416 g/mol. The minimum atomic E-state index is -0.465. The predicted molar refractivity (Wildman–Crippen MR) is 121 cm³/mol. The van der Waals surface area contributed by atoms with Gasteiger partial charge in [-0.25, -0.2) is 9.78 Å². The second kappa shape index (κ2) is 10.7. The molecule has 6 heteroatoms. The molecule has 1 heterocycles. The molecule has 6 nitrogen and oxygen atoms in total. The van der Waals surface area contributed by atoms with Gasteiger partial charge in [-0.1, -0.05) is 43.3 Å². The van der Waals surface area contributed by atoms with Crippen molar-refractivity contribution in [3.8, 4) is 11.5 Å². The fourth-order valence-electron chi connectivity index (χ4n) is 2.80. The number of pyridine rings is 1. The quantitative estimate of drug-likeness (QED) is 0.423. The van der Waals surface area contributed by atoms with E-state index < -0.39 is 5.97 Å². The molecule has 0 fully saturated rings. The Morgan fingerprint density at radius 3 is 2.48 bits per heavy atom. The molecule has 0 unspecified atom stereocenters. The van der Waals surface area contributed by atoms with E-state index >= 15 is 0 Å². The molecule has 0 radical (unpaired) electrons. The van der Waals surface area contributed by atoms with Crippen LogP contribution >= 0.6 is 0 Å². The Labute approximate surface area is 181 Å². The van der Waals surface area contributed by atoms with Crippen LogP contribution in [0.3, 0.4) is 0 Å². The standard InChI is InChI=1S/C25H24N2O4/c1-3-19-5-4-6-23(15-19)30-17-25(29)31-22-11-9-20(10-12-22)7-8-21-13-14-26-24(16-21)27-18(2)28/h4-16H,3,17H2,1-2H3,(H,26,27,28)/b8-7+. The van der Waals surface area contributed by atoms with Gasteiger partial charge in [-0.05, 0) is 59.5 Å². The van der Waals surface area contributed by atoms with E-state index in [-0.39, 0.29) is 12.5 Å². The van der Waals surface area contributed by atoms with E-state index in [0.29, 0.717) is 17.3 Å². The van der Waals surface area contributed by atoms with Crippen LogP contribution in [-0.2, 0) is 16.0 Å². The molecule has 0 bridgehead atoms. The maximum absolute atomic E-state index is 12.0. The summed E-state index contributed by atoms with van der Waals surface area (Å²) < 4.78 is 10.8. The first-order valence-corrected chi connectivity index (χ1v) is 9.96. The number of nitrogens with zero attached hydrogens (tertiary/aromatic N) is 1. The second-order valence-corrected chi connectivity index (χ2v) is 6.82. The summed E-state index contributed by atoms with van der Waals surface area (Å²) in [7, 11) is 0. The van der Waals surface area contributed by atoms with Crippen LogP contribution in [0.4, 0.5) is 5.82 Å². The number of hydrogen-bond donors (Lipinski definition) is 1. The molecule has 0 aliphatic rings. The molecule has 3 rings (SSSR count). The molecule has 31 heavy (non-hydrogen) atoms. The lowest BCUT2D eigenvalue weighted by molar-refractivity contribution is -0.136. The lowest BCUT2D eigenvalue weighted by Crippen LogP contribution is -2.17. The number of anilines is 1. The van der Waals surface area contributed by atoms with Gasteiger partial charge in [-0.3, -0.25) is 4.79 Å². The first-order valence-electron chi connectivity index (χ1n) is 9.96. The normalized spacial score (nSPS) is 10.6. The average molecular weight is 416 g/mol. The highest BCUT2D eigenvalue weighted by atomic mass is 16.6. The Bertz CT molecular complexity index is 1070. The lowest BCUT2D eigenvalue weighted by atomic mass is 10.1. The number of carbonyl (C=O) groups excluding carboxylic acids is 2. The summed E-state index contributed by atoms with van der Waals surface area (Å²) in [5, 5.41) is 2.65. The van der Waals surface area contributed by atoms with Crippen molar-refractivity contribution in [2.75, 3.05) is 11.9 Å². The fourth-order valence-corrected chi connectivity index (χ4v) is 2.80. The van der Waals surface area contributed by atoms with Crippen molar-refractivity contribution in [3.63, 3.8) is 0 Å². The largest absolute Gasteiger partial charge is 0.482 e. The summed E-state index contributed by atoms with van der Waals surface area (Å²) in [6, 6.07) is 18.4. The molecular formula is C25H24N2O4. The highest BCUT2D eigenvalue weighted by molar-refractivity contribution is 5.88. The maximum atomic E-state index is 12.0. The van der Waals surface area contributed by atoms with E-state index in [9.17, 15) is 9.59 Å². The number of ether oxygens (including phenoxy) is 2. The third-order valence-electron chi connectivity index (χ3n) is 4.33. The summed E-state index contributed by atoms with van der Waals surface area (Å²) in [6.07, 6.45) is 6.36.